The Morgan fingerprint density at radius 2 is 1.77 bits per heavy atom. The second kappa shape index (κ2) is 7.76. The van der Waals surface area contributed by atoms with Gasteiger partial charge in [-0.3, -0.25) is 28.6 Å². The Hall–Kier alpha value is -4.09. The quantitative estimate of drug-likeness (QED) is 0.532. The summed E-state index contributed by atoms with van der Waals surface area (Å²) in [4.78, 5) is 64.0. The van der Waals surface area contributed by atoms with E-state index in [-0.39, 0.29) is 24.1 Å². The average Bonchev–Trinajstić information content (AvgIpc) is 3.65. The lowest BCUT2D eigenvalue weighted by Gasteiger charge is -2.46. The molecule has 1 aliphatic carbocycles. The van der Waals surface area contributed by atoms with Gasteiger partial charge in [-0.25, -0.2) is 4.98 Å². The van der Waals surface area contributed by atoms with Crippen molar-refractivity contribution in [2.45, 2.75) is 62.2 Å². The van der Waals surface area contributed by atoms with Gasteiger partial charge in [0.05, 0.1) is 16.6 Å². The van der Waals surface area contributed by atoms with Gasteiger partial charge >= 0.3 is 0 Å². The lowest BCUT2D eigenvalue weighted by Crippen LogP contribution is -2.60. The van der Waals surface area contributed by atoms with Crippen LogP contribution in [0.15, 0.2) is 53.3 Å². The van der Waals surface area contributed by atoms with Crippen LogP contribution in [0.2, 0.25) is 0 Å². The predicted octanol–water partition coefficient (Wildman–Crippen LogP) is 1.57. The second-order valence-electron chi connectivity index (χ2n) is 11.3. The Kier molecular flexibility index (Phi) is 4.84. The molecule has 4 aliphatic rings. The maximum Gasteiger partial charge on any atom is 0.262 e. The molecule has 0 radical (unpaired) electrons. The fraction of sp³-hybridized carbons (Fsp3) is 0.414. The number of nitrogens with zero attached hydrogens (tertiary/aromatic N) is 5. The number of aliphatic hydroxyl groups is 1. The highest BCUT2D eigenvalue weighted by Gasteiger charge is 2.73. The minimum absolute atomic E-state index is 0.224. The normalized spacial score (nSPS) is 29.7. The third-order valence-electron chi connectivity index (χ3n) is 9.38. The van der Waals surface area contributed by atoms with E-state index in [9.17, 15) is 24.3 Å². The molecule has 7 rings (SSSR count). The van der Waals surface area contributed by atoms with Crippen LogP contribution in [0.25, 0.3) is 10.9 Å². The van der Waals surface area contributed by atoms with E-state index in [0.717, 1.165) is 0 Å². The number of hydrogen-bond acceptors (Lipinski definition) is 7. The van der Waals surface area contributed by atoms with Crippen molar-refractivity contribution < 1.29 is 24.2 Å². The van der Waals surface area contributed by atoms with E-state index in [1.807, 2.05) is 0 Å². The number of para-hydroxylation sites is 2. The molecule has 2 fully saturated rings. The maximum absolute atomic E-state index is 14.1. The fourth-order valence-corrected chi connectivity index (χ4v) is 7.07. The highest BCUT2D eigenvalue weighted by molar-refractivity contribution is 6.10. The number of anilines is 1. The van der Waals surface area contributed by atoms with E-state index < -0.39 is 40.5 Å². The number of methoxy groups -OCH3 is 1. The zero-order chi connectivity index (χ0) is 28.4. The van der Waals surface area contributed by atoms with Gasteiger partial charge in [-0.15, -0.1) is 0 Å². The number of carbonyl (C=O) groups excluding carboxylic acids is 3. The highest BCUT2D eigenvalue weighted by Crippen LogP contribution is 2.60. The Morgan fingerprint density at radius 1 is 1.10 bits per heavy atom. The number of hydrogen-bond donors (Lipinski definition) is 1. The van der Waals surface area contributed by atoms with Crippen LogP contribution in [-0.4, -0.2) is 68.0 Å². The molecule has 11 nitrogen and oxygen atoms in total. The minimum Gasteiger partial charge on any atom is -0.381 e. The number of benzene rings is 2. The average molecular weight is 544 g/mol. The van der Waals surface area contributed by atoms with Gasteiger partial charge < -0.3 is 19.6 Å². The molecule has 1 N–H and O–H groups in total. The summed E-state index contributed by atoms with van der Waals surface area (Å²) in [7, 11) is 3.02. The lowest BCUT2D eigenvalue weighted by atomic mass is 9.84. The van der Waals surface area contributed by atoms with Crippen molar-refractivity contribution in [3.8, 4) is 0 Å². The smallest absolute Gasteiger partial charge is 0.262 e. The van der Waals surface area contributed by atoms with E-state index in [2.05, 4.69) is 0 Å². The molecule has 3 aromatic rings. The summed E-state index contributed by atoms with van der Waals surface area (Å²) in [6.45, 7) is 3.05. The van der Waals surface area contributed by atoms with Crippen molar-refractivity contribution in [2.24, 2.45) is 0 Å². The predicted molar refractivity (Wildman–Crippen MR) is 143 cm³/mol. The summed E-state index contributed by atoms with van der Waals surface area (Å²) >= 11 is 0. The number of likely N-dealkylation sites (N-methyl/N-ethyl adjacent to an activating group) is 1. The van der Waals surface area contributed by atoms with Gasteiger partial charge in [-0.1, -0.05) is 30.3 Å². The molecule has 1 spiro atoms. The van der Waals surface area contributed by atoms with Gasteiger partial charge in [-0.05, 0) is 38.0 Å². The van der Waals surface area contributed by atoms with Gasteiger partial charge in [0.25, 0.3) is 11.5 Å². The molecule has 1 saturated carbocycles. The van der Waals surface area contributed by atoms with Crippen LogP contribution in [0, 0.1) is 0 Å². The first-order chi connectivity index (χ1) is 19.0. The molecule has 1 saturated heterocycles. The summed E-state index contributed by atoms with van der Waals surface area (Å²) in [5, 5.41) is 13.0. The van der Waals surface area contributed by atoms with Gasteiger partial charge in [0, 0.05) is 33.1 Å². The molecular formula is C29H29N5O6. The second-order valence-corrected chi connectivity index (χ2v) is 11.3. The zero-order valence-electron chi connectivity index (χ0n) is 22.6. The highest BCUT2D eigenvalue weighted by atomic mass is 16.5. The Labute approximate surface area is 229 Å². The van der Waals surface area contributed by atoms with Crippen LogP contribution < -0.4 is 10.5 Å². The van der Waals surface area contributed by atoms with E-state index in [4.69, 9.17) is 9.72 Å². The van der Waals surface area contributed by atoms with Crippen molar-refractivity contribution in [2.75, 3.05) is 19.1 Å². The summed E-state index contributed by atoms with van der Waals surface area (Å²) in [5.41, 5.74) is -3.26. The maximum atomic E-state index is 14.1. The number of fused-ring (bicyclic) bond motifs is 5. The Bertz CT molecular complexity index is 1710. The first-order valence-corrected chi connectivity index (χ1v) is 13.3. The molecule has 0 bridgehead atoms. The van der Waals surface area contributed by atoms with Crippen LogP contribution in [0.1, 0.15) is 50.5 Å². The number of rotatable bonds is 3. The molecule has 2 aromatic carbocycles. The Morgan fingerprint density at radius 3 is 2.45 bits per heavy atom. The van der Waals surface area contributed by atoms with Crippen molar-refractivity contribution >= 4 is 34.3 Å². The van der Waals surface area contributed by atoms with E-state index in [0.29, 0.717) is 35.0 Å². The zero-order valence-corrected chi connectivity index (χ0v) is 22.6. The SMILES string of the molecule is CO[C@]1(C)c2nc3ccccc3c(=O)n2[C@H](C[C@@]2(O)c3ccccc3N3C(=O)C4(CC4)N(C(C)=O)[C@@H]32)C(=O)N1C. The van der Waals surface area contributed by atoms with Gasteiger partial charge in [0.2, 0.25) is 11.8 Å². The van der Waals surface area contributed by atoms with Crippen LogP contribution in [0.4, 0.5) is 5.69 Å². The monoisotopic (exact) mass is 543 g/mol. The standard InChI is InChI=1S/C29H29N5O6/c1-16(35)34-25-29(39,18-10-6-8-12-20(18)33(25)26(38)28(34)13-14-28)15-21-23(37)31(3)27(2,40-4)24-30-19-11-7-5-9-17(19)22(36)32(21)24/h5-12,21,25,39H,13-15H2,1-4H3/t21-,25-,27-,29-/m1/s1. The van der Waals surface area contributed by atoms with Gasteiger partial charge in [-0.2, -0.15) is 0 Å². The van der Waals surface area contributed by atoms with Crippen LogP contribution in [-0.2, 0) is 30.4 Å². The van der Waals surface area contributed by atoms with Crippen molar-refractivity contribution in [3.63, 3.8) is 0 Å². The Balaban J connectivity index is 1.46. The number of aromatic nitrogens is 2. The largest absolute Gasteiger partial charge is 0.381 e. The summed E-state index contributed by atoms with van der Waals surface area (Å²) < 4.78 is 7.09. The number of ether oxygens (including phenoxy) is 1. The molecule has 206 valence electrons. The summed E-state index contributed by atoms with van der Waals surface area (Å²) in [6.07, 6.45) is -0.314. The fourth-order valence-electron chi connectivity index (χ4n) is 7.07. The number of carbonyl (C=O) groups is 3. The molecular weight excluding hydrogens is 514 g/mol. The van der Waals surface area contributed by atoms with Crippen molar-refractivity contribution in [1.29, 1.82) is 0 Å². The van der Waals surface area contributed by atoms with Crippen LogP contribution >= 0.6 is 0 Å². The first-order valence-electron chi connectivity index (χ1n) is 13.3. The minimum atomic E-state index is -1.85. The number of amides is 3. The van der Waals surface area contributed by atoms with E-state index >= 15 is 0 Å². The van der Waals surface area contributed by atoms with E-state index in [1.54, 1.807) is 62.5 Å². The topological polar surface area (TPSA) is 125 Å². The summed E-state index contributed by atoms with van der Waals surface area (Å²) in [5.74, 6) is -0.809. The summed E-state index contributed by atoms with van der Waals surface area (Å²) in [6, 6.07) is 12.6. The third-order valence-corrected chi connectivity index (χ3v) is 9.38. The molecule has 40 heavy (non-hydrogen) atoms. The van der Waals surface area contributed by atoms with Gasteiger partial charge in [0.15, 0.2) is 11.5 Å². The molecule has 11 heteroatoms. The van der Waals surface area contributed by atoms with Gasteiger partial charge in [0.1, 0.15) is 23.3 Å². The van der Waals surface area contributed by atoms with Crippen LogP contribution in [0.3, 0.4) is 0 Å². The molecule has 4 heterocycles. The van der Waals surface area contributed by atoms with E-state index in [1.165, 1.54) is 33.3 Å². The molecule has 4 atom stereocenters. The van der Waals surface area contributed by atoms with Crippen molar-refractivity contribution in [3.05, 3.63) is 70.3 Å². The lowest BCUT2D eigenvalue weighted by molar-refractivity contribution is -0.180. The third kappa shape index (κ3) is 2.78. The molecule has 1 aromatic heterocycles. The molecule has 3 aliphatic heterocycles. The van der Waals surface area contributed by atoms with Crippen molar-refractivity contribution in [1.82, 2.24) is 19.4 Å². The molecule has 3 amide bonds. The first kappa shape index (κ1) is 24.9. The van der Waals surface area contributed by atoms with Crippen LogP contribution in [0.5, 0.6) is 0 Å². The molecule has 0 unspecified atom stereocenters.